The molecule has 0 bridgehead atoms. The molecule has 1 rings (SSSR count). The summed E-state index contributed by atoms with van der Waals surface area (Å²) >= 11 is 0. The number of esters is 1. The number of rotatable bonds is 4. The van der Waals surface area contributed by atoms with Crippen LogP contribution in [0.25, 0.3) is 0 Å². The zero-order chi connectivity index (χ0) is 13.9. The van der Waals surface area contributed by atoms with Gasteiger partial charge in [0.1, 0.15) is 11.6 Å². The lowest BCUT2D eigenvalue weighted by Gasteiger charge is -2.23. The molecule has 0 aliphatic carbocycles. The Kier molecular flexibility index (Phi) is 4.06. The van der Waals surface area contributed by atoms with Crippen molar-refractivity contribution in [3.8, 4) is 5.75 Å². The molecule has 0 saturated heterocycles. The van der Waals surface area contributed by atoms with Crippen LogP contribution in [-0.4, -0.2) is 24.5 Å². The Morgan fingerprint density at radius 2 is 1.89 bits per heavy atom. The van der Waals surface area contributed by atoms with E-state index in [9.17, 15) is 14.0 Å². The largest absolute Gasteiger partial charge is 0.496 e. The minimum atomic E-state index is -1.37. The van der Waals surface area contributed by atoms with Crippen molar-refractivity contribution < 1.29 is 23.5 Å². The number of ketones is 1. The first kappa shape index (κ1) is 14.2. The normalized spacial score (nSPS) is 10.9. The van der Waals surface area contributed by atoms with Gasteiger partial charge in [0, 0.05) is 6.92 Å². The van der Waals surface area contributed by atoms with Gasteiger partial charge in [-0.05, 0) is 32.0 Å². The van der Waals surface area contributed by atoms with E-state index in [0.29, 0.717) is 0 Å². The summed E-state index contributed by atoms with van der Waals surface area (Å²) in [6.07, 6.45) is 0. The van der Waals surface area contributed by atoms with Crippen molar-refractivity contribution in [3.05, 3.63) is 29.6 Å². The SMILES string of the molecule is COc1ccc(F)cc1C(=O)C(C)(C)OC(C)=O. The van der Waals surface area contributed by atoms with Gasteiger partial charge in [-0.25, -0.2) is 4.39 Å². The van der Waals surface area contributed by atoms with E-state index in [0.717, 1.165) is 6.07 Å². The van der Waals surface area contributed by atoms with Gasteiger partial charge in [-0.2, -0.15) is 0 Å². The standard InChI is InChI=1S/C13H15FO4/c1-8(15)18-13(2,3)12(16)10-7-9(14)5-6-11(10)17-4/h5-7H,1-4H3. The van der Waals surface area contributed by atoms with E-state index in [1.54, 1.807) is 0 Å². The Balaban J connectivity index is 3.17. The van der Waals surface area contributed by atoms with Crippen molar-refractivity contribution in [3.63, 3.8) is 0 Å². The third-order valence-corrected chi connectivity index (χ3v) is 2.35. The predicted molar refractivity (Wildman–Crippen MR) is 63.1 cm³/mol. The number of ether oxygens (including phenoxy) is 2. The molecule has 0 atom stereocenters. The number of carbonyl (C=O) groups is 2. The van der Waals surface area contributed by atoms with Crippen molar-refractivity contribution in [1.29, 1.82) is 0 Å². The van der Waals surface area contributed by atoms with Crippen molar-refractivity contribution in [2.75, 3.05) is 7.11 Å². The Labute approximate surface area is 105 Å². The van der Waals surface area contributed by atoms with Crippen LogP contribution in [0.3, 0.4) is 0 Å². The number of halogens is 1. The second-order valence-electron chi connectivity index (χ2n) is 4.28. The smallest absolute Gasteiger partial charge is 0.303 e. The third-order valence-electron chi connectivity index (χ3n) is 2.35. The van der Waals surface area contributed by atoms with E-state index in [-0.39, 0.29) is 11.3 Å². The number of hydrogen-bond acceptors (Lipinski definition) is 4. The lowest BCUT2D eigenvalue weighted by atomic mass is 9.95. The van der Waals surface area contributed by atoms with Gasteiger partial charge in [-0.3, -0.25) is 9.59 Å². The van der Waals surface area contributed by atoms with Crippen LogP contribution in [0.1, 0.15) is 31.1 Å². The summed E-state index contributed by atoms with van der Waals surface area (Å²) in [6, 6.07) is 3.60. The van der Waals surface area contributed by atoms with Gasteiger partial charge in [0.25, 0.3) is 0 Å². The molecule has 0 aliphatic heterocycles. The fourth-order valence-corrected chi connectivity index (χ4v) is 1.59. The van der Waals surface area contributed by atoms with Gasteiger partial charge < -0.3 is 9.47 Å². The van der Waals surface area contributed by atoms with Gasteiger partial charge in [-0.1, -0.05) is 0 Å². The zero-order valence-electron chi connectivity index (χ0n) is 10.7. The monoisotopic (exact) mass is 254 g/mol. The van der Waals surface area contributed by atoms with Crippen LogP contribution in [0.2, 0.25) is 0 Å². The molecule has 5 heteroatoms. The average molecular weight is 254 g/mol. The van der Waals surface area contributed by atoms with Crippen LogP contribution in [0.4, 0.5) is 4.39 Å². The molecule has 98 valence electrons. The van der Waals surface area contributed by atoms with E-state index < -0.39 is 23.2 Å². The van der Waals surface area contributed by atoms with E-state index in [1.807, 2.05) is 0 Å². The van der Waals surface area contributed by atoms with Crippen LogP contribution in [-0.2, 0) is 9.53 Å². The first-order valence-electron chi connectivity index (χ1n) is 5.36. The minimum Gasteiger partial charge on any atom is -0.496 e. The fourth-order valence-electron chi connectivity index (χ4n) is 1.59. The number of benzene rings is 1. The van der Waals surface area contributed by atoms with Crippen LogP contribution in [0.5, 0.6) is 5.75 Å². The predicted octanol–water partition coefficient (Wildman–Crippen LogP) is 2.36. The topological polar surface area (TPSA) is 52.6 Å². The Morgan fingerprint density at radius 1 is 1.28 bits per heavy atom. The second-order valence-corrected chi connectivity index (χ2v) is 4.28. The molecule has 0 heterocycles. The van der Waals surface area contributed by atoms with Crippen molar-refractivity contribution in [2.45, 2.75) is 26.4 Å². The van der Waals surface area contributed by atoms with Crippen LogP contribution < -0.4 is 4.74 Å². The number of carbonyl (C=O) groups excluding carboxylic acids is 2. The molecule has 0 aromatic heterocycles. The minimum absolute atomic E-state index is 0.0451. The summed E-state index contributed by atoms with van der Waals surface area (Å²) in [6.45, 7) is 4.10. The lowest BCUT2D eigenvalue weighted by molar-refractivity contribution is -0.149. The Hall–Kier alpha value is -1.91. The van der Waals surface area contributed by atoms with E-state index in [4.69, 9.17) is 9.47 Å². The third kappa shape index (κ3) is 3.06. The molecule has 1 aromatic rings. The van der Waals surface area contributed by atoms with Gasteiger partial charge >= 0.3 is 5.97 Å². The Bertz CT molecular complexity index is 480. The van der Waals surface area contributed by atoms with Crippen molar-refractivity contribution >= 4 is 11.8 Å². The van der Waals surface area contributed by atoms with Gasteiger partial charge in [0.2, 0.25) is 5.78 Å². The Morgan fingerprint density at radius 3 is 2.39 bits per heavy atom. The van der Waals surface area contributed by atoms with Crippen LogP contribution in [0.15, 0.2) is 18.2 Å². The van der Waals surface area contributed by atoms with E-state index in [2.05, 4.69) is 0 Å². The highest BCUT2D eigenvalue weighted by Crippen LogP contribution is 2.26. The molecular formula is C13H15FO4. The summed E-state index contributed by atoms with van der Waals surface area (Å²) in [5, 5.41) is 0. The molecule has 0 radical (unpaired) electrons. The first-order valence-corrected chi connectivity index (χ1v) is 5.36. The van der Waals surface area contributed by atoms with Gasteiger partial charge in [-0.15, -0.1) is 0 Å². The van der Waals surface area contributed by atoms with Gasteiger partial charge in [0.15, 0.2) is 5.60 Å². The maximum Gasteiger partial charge on any atom is 0.303 e. The van der Waals surface area contributed by atoms with Crippen LogP contribution in [0, 0.1) is 5.82 Å². The van der Waals surface area contributed by atoms with Gasteiger partial charge in [0.05, 0.1) is 12.7 Å². The molecule has 0 unspecified atom stereocenters. The van der Waals surface area contributed by atoms with Crippen molar-refractivity contribution in [1.82, 2.24) is 0 Å². The number of Topliss-reactive ketones (excluding diaryl/α,β-unsaturated/α-hetero) is 1. The molecule has 4 nitrogen and oxygen atoms in total. The molecule has 0 saturated carbocycles. The molecule has 0 fully saturated rings. The lowest BCUT2D eigenvalue weighted by Crippen LogP contribution is -2.37. The zero-order valence-corrected chi connectivity index (χ0v) is 10.7. The molecule has 1 aromatic carbocycles. The molecule has 0 aliphatic rings. The molecule has 0 N–H and O–H groups in total. The molecular weight excluding hydrogens is 239 g/mol. The van der Waals surface area contributed by atoms with E-state index >= 15 is 0 Å². The summed E-state index contributed by atoms with van der Waals surface area (Å²) in [5.41, 5.74) is -1.32. The maximum atomic E-state index is 13.2. The summed E-state index contributed by atoms with van der Waals surface area (Å²) < 4.78 is 23.1. The molecule has 18 heavy (non-hydrogen) atoms. The van der Waals surface area contributed by atoms with Crippen molar-refractivity contribution in [2.24, 2.45) is 0 Å². The number of methoxy groups -OCH3 is 1. The maximum absolute atomic E-state index is 13.2. The summed E-state index contributed by atoms with van der Waals surface area (Å²) in [7, 11) is 1.38. The highest BCUT2D eigenvalue weighted by Gasteiger charge is 2.33. The second kappa shape index (κ2) is 5.16. The number of hydrogen-bond donors (Lipinski definition) is 0. The average Bonchev–Trinajstić information content (AvgIpc) is 2.26. The van der Waals surface area contributed by atoms with E-state index in [1.165, 1.54) is 40.0 Å². The molecule has 0 spiro atoms. The quantitative estimate of drug-likeness (QED) is 0.611. The molecule has 0 amide bonds. The van der Waals surface area contributed by atoms with Crippen LogP contribution >= 0.6 is 0 Å². The highest BCUT2D eigenvalue weighted by molar-refractivity contribution is 6.04. The first-order chi connectivity index (χ1) is 8.27. The highest BCUT2D eigenvalue weighted by atomic mass is 19.1. The summed E-state index contributed by atoms with van der Waals surface area (Å²) in [5.74, 6) is -1.42. The fraction of sp³-hybridized carbons (Fsp3) is 0.385. The summed E-state index contributed by atoms with van der Waals surface area (Å²) in [4.78, 5) is 23.1.